The summed E-state index contributed by atoms with van der Waals surface area (Å²) in [6.07, 6.45) is 5.00. The summed E-state index contributed by atoms with van der Waals surface area (Å²) in [7, 11) is 0. The van der Waals surface area contributed by atoms with Gasteiger partial charge < -0.3 is 15.0 Å². The molecule has 0 bridgehead atoms. The largest absolute Gasteiger partial charge is 0.493 e. The minimum absolute atomic E-state index is 0.0579. The van der Waals surface area contributed by atoms with E-state index in [9.17, 15) is 4.79 Å². The second-order valence-corrected chi connectivity index (χ2v) is 5.18. The number of carbonyl (C=O) groups is 1. The van der Waals surface area contributed by atoms with Crippen LogP contribution in [0, 0.1) is 0 Å². The van der Waals surface area contributed by atoms with Gasteiger partial charge in [-0.2, -0.15) is 0 Å². The average molecular weight is 272 g/mol. The second kappa shape index (κ2) is 5.67. The zero-order chi connectivity index (χ0) is 13.9. The standard InChI is InChI=1S/C16H20N2O2/c1-2-20-14-8-5-7-12-15(14)11(10-18-12)16(19)13-6-3-4-9-17-13/h5,7-8,10,13,17-18H,2-4,6,9H2,1H3. The van der Waals surface area contributed by atoms with E-state index in [2.05, 4.69) is 10.3 Å². The normalized spacial score (nSPS) is 19.1. The minimum atomic E-state index is -0.0579. The van der Waals surface area contributed by atoms with E-state index in [1.807, 2.05) is 31.3 Å². The predicted molar refractivity (Wildman–Crippen MR) is 79.4 cm³/mol. The molecule has 2 N–H and O–H groups in total. The maximum absolute atomic E-state index is 12.7. The molecule has 0 radical (unpaired) electrons. The molecule has 1 aliphatic rings. The predicted octanol–water partition coefficient (Wildman–Crippen LogP) is 2.89. The van der Waals surface area contributed by atoms with Crippen LogP contribution in [0.15, 0.2) is 24.4 Å². The van der Waals surface area contributed by atoms with Crippen LogP contribution >= 0.6 is 0 Å². The van der Waals surface area contributed by atoms with Crippen molar-refractivity contribution in [3.05, 3.63) is 30.0 Å². The van der Waals surface area contributed by atoms with Gasteiger partial charge in [0.25, 0.3) is 0 Å². The third kappa shape index (κ3) is 2.31. The van der Waals surface area contributed by atoms with E-state index in [0.29, 0.717) is 6.61 Å². The monoisotopic (exact) mass is 272 g/mol. The molecular weight excluding hydrogens is 252 g/mol. The molecule has 2 aromatic rings. The van der Waals surface area contributed by atoms with Gasteiger partial charge in [0.1, 0.15) is 5.75 Å². The van der Waals surface area contributed by atoms with Crippen LogP contribution in [0.4, 0.5) is 0 Å². The lowest BCUT2D eigenvalue weighted by Gasteiger charge is -2.22. The zero-order valence-electron chi connectivity index (χ0n) is 11.7. The SMILES string of the molecule is CCOc1cccc2[nH]cc(C(=O)C3CCCCN3)c12. The van der Waals surface area contributed by atoms with Gasteiger partial charge in [0.2, 0.25) is 0 Å². The van der Waals surface area contributed by atoms with E-state index in [-0.39, 0.29) is 11.8 Å². The highest BCUT2D eigenvalue weighted by atomic mass is 16.5. The van der Waals surface area contributed by atoms with Crippen LogP contribution in [-0.4, -0.2) is 30.0 Å². The fourth-order valence-electron chi connectivity index (χ4n) is 2.88. The first kappa shape index (κ1) is 13.2. The molecule has 1 aliphatic heterocycles. The van der Waals surface area contributed by atoms with Gasteiger partial charge in [-0.1, -0.05) is 12.5 Å². The number of aromatic amines is 1. The number of nitrogens with one attached hydrogen (secondary N) is 2. The number of Topliss-reactive ketones (excluding diaryl/α,β-unsaturated/α-hetero) is 1. The molecule has 1 aromatic carbocycles. The van der Waals surface area contributed by atoms with Crippen molar-refractivity contribution in [3.8, 4) is 5.75 Å². The molecule has 2 heterocycles. The summed E-state index contributed by atoms with van der Waals surface area (Å²) in [4.78, 5) is 15.9. The Hall–Kier alpha value is -1.81. The van der Waals surface area contributed by atoms with Crippen LogP contribution in [0.5, 0.6) is 5.75 Å². The molecular formula is C16H20N2O2. The van der Waals surface area contributed by atoms with Gasteiger partial charge in [-0.05, 0) is 38.4 Å². The minimum Gasteiger partial charge on any atom is -0.493 e. The molecule has 20 heavy (non-hydrogen) atoms. The summed E-state index contributed by atoms with van der Waals surface area (Å²) >= 11 is 0. The van der Waals surface area contributed by atoms with Crippen molar-refractivity contribution in [1.82, 2.24) is 10.3 Å². The Morgan fingerprint density at radius 3 is 3.05 bits per heavy atom. The summed E-state index contributed by atoms with van der Waals surface area (Å²) in [5, 5.41) is 4.23. The van der Waals surface area contributed by atoms with Crippen molar-refractivity contribution in [2.24, 2.45) is 0 Å². The van der Waals surface area contributed by atoms with Gasteiger partial charge in [0, 0.05) is 17.3 Å². The molecule has 1 fully saturated rings. The van der Waals surface area contributed by atoms with Crippen LogP contribution in [0.25, 0.3) is 10.9 Å². The van der Waals surface area contributed by atoms with Crippen LogP contribution in [0.3, 0.4) is 0 Å². The number of piperidine rings is 1. The first-order valence-electron chi connectivity index (χ1n) is 7.31. The number of benzene rings is 1. The molecule has 106 valence electrons. The molecule has 1 saturated heterocycles. The third-order valence-corrected chi connectivity index (χ3v) is 3.86. The van der Waals surface area contributed by atoms with E-state index < -0.39 is 0 Å². The van der Waals surface area contributed by atoms with E-state index in [0.717, 1.165) is 48.0 Å². The molecule has 4 nitrogen and oxygen atoms in total. The molecule has 3 rings (SSSR count). The number of hydrogen-bond donors (Lipinski definition) is 2. The maximum Gasteiger partial charge on any atom is 0.182 e. The van der Waals surface area contributed by atoms with Gasteiger partial charge in [-0.25, -0.2) is 0 Å². The van der Waals surface area contributed by atoms with E-state index in [4.69, 9.17) is 4.74 Å². The van der Waals surface area contributed by atoms with Crippen molar-refractivity contribution in [2.45, 2.75) is 32.2 Å². The van der Waals surface area contributed by atoms with Crippen molar-refractivity contribution >= 4 is 16.7 Å². The summed E-state index contributed by atoms with van der Waals surface area (Å²) < 4.78 is 5.66. The van der Waals surface area contributed by atoms with Crippen molar-refractivity contribution < 1.29 is 9.53 Å². The number of carbonyl (C=O) groups excluding carboxylic acids is 1. The molecule has 1 atom stereocenters. The van der Waals surface area contributed by atoms with Gasteiger partial charge >= 0.3 is 0 Å². The van der Waals surface area contributed by atoms with Gasteiger partial charge in [0.05, 0.1) is 18.0 Å². The van der Waals surface area contributed by atoms with Crippen LogP contribution in [0.2, 0.25) is 0 Å². The number of fused-ring (bicyclic) bond motifs is 1. The van der Waals surface area contributed by atoms with E-state index >= 15 is 0 Å². The molecule has 0 aliphatic carbocycles. The summed E-state index contributed by atoms with van der Waals surface area (Å²) in [5.74, 6) is 0.952. The Kier molecular flexibility index (Phi) is 3.74. The highest BCUT2D eigenvalue weighted by molar-refractivity contribution is 6.12. The first-order valence-corrected chi connectivity index (χ1v) is 7.31. The first-order chi connectivity index (χ1) is 9.81. The van der Waals surface area contributed by atoms with E-state index in [1.165, 1.54) is 0 Å². The topological polar surface area (TPSA) is 54.1 Å². The maximum atomic E-state index is 12.7. The lowest BCUT2D eigenvalue weighted by Crippen LogP contribution is -2.40. The quantitative estimate of drug-likeness (QED) is 0.841. The third-order valence-electron chi connectivity index (χ3n) is 3.86. The fraction of sp³-hybridized carbons (Fsp3) is 0.438. The highest BCUT2D eigenvalue weighted by Gasteiger charge is 2.25. The Morgan fingerprint density at radius 1 is 1.40 bits per heavy atom. The number of rotatable bonds is 4. The number of ketones is 1. The molecule has 4 heteroatoms. The second-order valence-electron chi connectivity index (χ2n) is 5.18. The number of ether oxygens (including phenoxy) is 1. The van der Waals surface area contributed by atoms with Gasteiger partial charge in [-0.3, -0.25) is 4.79 Å². The van der Waals surface area contributed by atoms with E-state index in [1.54, 1.807) is 0 Å². The highest BCUT2D eigenvalue weighted by Crippen LogP contribution is 2.30. The number of hydrogen-bond acceptors (Lipinski definition) is 3. The Bertz CT molecular complexity index is 612. The molecule has 0 saturated carbocycles. The van der Waals surface area contributed by atoms with Crippen LogP contribution in [0.1, 0.15) is 36.5 Å². The summed E-state index contributed by atoms with van der Waals surface area (Å²) in [5.41, 5.74) is 1.69. The fourth-order valence-corrected chi connectivity index (χ4v) is 2.88. The average Bonchev–Trinajstić information content (AvgIpc) is 2.93. The Morgan fingerprint density at radius 2 is 2.30 bits per heavy atom. The molecule has 1 aromatic heterocycles. The number of H-pyrrole nitrogens is 1. The van der Waals surface area contributed by atoms with Crippen LogP contribution < -0.4 is 10.1 Å². The van der Waals surface area contributed by atoms with Crippen molar-refractivity contribution in [2.75, 3.05) is 13.2 Å². The lowest BCUT2D eigenvalue weighted by molar-refractivity contribution is 0.0928. The number of aromatic nitrogens is 1. The molecule has 0 amide bonds. The Balaban J connectivity index is 2.00. The van der Waals surface area contributed by atoms with Gasteiger partial charge in [-0.15, -0.1) is 0 Å². The van der Waals surface area contributed by atoms with Gasteiger partial charge in [0.15, 0.2) is 5.78 Å². The van der Waals surface area contributed by atoms with Crippen molar-refractivity contribution in [3.63, 3.8) is 0 Å². The molecule has 0 spiro atoms. The lowest BCUT2D eigenvalue weighted by atomic mass is 9.96. The molecule has 1 unspecified atom stereocenters. The smallest absolute Gasteiger partial charge is 0.182 e. The zero-order valence-corrected chi connectivity index (χ0v) is 11.7. The summed E-state index contributed by atoms with van der Waals surface area (Å²) in [6, 6.07) is 5.78. The van der Waals surface area contributed by atoms with Crippen molar-refractivity contribution in [1.29, 1.82) is 0 Å². The Labute approximate surface area is 118 Å². The summed E-state index contributed by atoms with van der Waals surface area (Å²) in [6.45, 7) is 3.48. The van der Waals surface area contributed by atoms with Crippen LogP contribution in [-0.2, 0) is 0 Å².